The third-order valence-corrected chi connectivity index (χ3v) is 3.57. The lowest BCUT2D eigenvalue weighted by atomic mass is 10.2. The van der Waals surface area contributed by atoms with E-state index in [1.165, 1.54) is 13.1 Å². The van der Waals surface area contributed by atoms with Crippen LogP contribution in [-0.2, 0) is 4.79 Å². The van der Waals surface area contributed by atoms with Crippen molar-refractivity contribution in [2.75, 3.05) is 11.1 Å². The molecule has 0 aromatic carbocycles. The number of fused-ring (bicyclic) bond motifs is 1. The lowest BCUT2D eigenvalue weighted by molar-refractivity contribution is -0.189. The smallest absolute Gasteiger partial charge is 0.425 e. The van der Waals surface area contributed by atoms with E-state index in [4.69, 9.17) is 10.5 Å². The average molecular weight is 380 g/mol. The average Bonchev–Trinajstić information content (AvgIpc) is 2.96. The van der Waals surface area contributed by atoms with Crippen molar-refractivity contribution in [1.82, 2.24) is 19.4 Å². The summed E-state index contributed by atoms with van der Waals surface area (Å²) in [6.45, 7) is 2.22. The molecule has 3 rings (SSSR count). The maximum atomic E-state index is 12.7. The molecule has 0 fully saturated rings. The van der Waals surface area contributed by atoms with Gasteiger partial charge in [0.05, 0.1) is 18.1 Å². The maximum absolute atomic E-state index is 12.7. The van der Waals surface area contributed by atoms with E-state index in [0.717, 1.165) is 6.92 Å². The van der Waals surface area contributed by atoms with Crippen molar-refractivity contribution >= 4 is 23.2 Å². The number of halogens is 3. The van der Waals surface area contributed by atoms with Crippen LogP contribution in [0.4, 0.5) is 24.8 Å². The van der Waals surface area contributed by atoms with Gasteiger partial charge in [0.2, 0.25) is 5.91 Å². The minimum Gasteiger partial charge on any atom is -0.462 e. The van der Waals surface area contributed by atoms with Gasteiger partial charge in [-0.15, -0.1) is 0 Å². The number of nitrogens with zero attached hydrogens (tertiary/aromatic N) is 4. The Labute approximate surface area is 151 Å². The Morgan fingerprint density at radius 2 is 2.04 bits per heavy atom. The van der Waals surface area contributed by atoms with Gasteiger partial charge in [0.1, 0.15) is 5.65 Å². The molecule has 1 amide bonds. The van der Waals surface area contributed by atoms with Gasteiger partial charge in [0.25, 0.3) is 5.88 Å². The molecule has 3 aromatic rings. The summed E-state index contributed by atoms with van der Waals surface area (Å²) in [6.07, 6.45) is -2.08. The third kappa shape index (κ3) is 4.07. The summed E-state index contributed by atoms with van der Waals surface area (Å²) in [5.41, 5.74) is 6.96. The van der Waals surface area contributed by atoms with Crippen LogP contribution in [-0.4, -0.2) is 37.5 Å². The topological polar surface area (TPSA) is 107 Å². The lowest BCUT2D eigenvalue weighted by Gasteiger charge is -2.17. The summed E-state index contributed by atoms with van der Waals surface area (Å²) in [5.74, 6) is -0.539. The second-order valence-corrected chi connectivity index (χ2v) is 5.74. The first-order valence-electron chi connectivity index (χ1n) is 7.76. The molecule has 0 aliphatic carbocycles. The number of nitrogens with two attached hydrogens (primary N) is 1. The number of ether oxygens (including phenoxy) is 1. The van der Waals surface area contributed by atoms with Gasteiger partial charge in [-0.2, -0.15) is 13.2 Å². The van der Waals surface area contributed by atoms with Crippen LogP contribution in [0.5, 0.6) is 5.88 Å². The molecule has 0 bridgehead atoms. The van der Waals surface area contributed by atoms with Gasteiger partial charge in [0, 0.05) is 18.7 Å². The molecule has 142 valence electrons. The van der Waals surface area contributed by atoms with E-state index in [2.05, 4.69) is 20.3 Å². The number of hydrogen-bond acceptors (Lipinski definition) is 6. The van der Waals surface area contributed by atoms with Crippen molar-refractivity contribution in [2.45, 2.75) is 26.1 Å². The molecule has 0 saturated heterocycles. The number of aromatic nitrogens is 4. The quantitative estimate of drug-likeness (QED) is 0.721. The van der Waals surface area contributed by atoms with Gasteiger partial charge in [-0.05, 0) is 19.1 Å². The van der Waals surface area contributed by atoms with Crippen LogP contribution in [0, 0.1) is 0 Å². The summed E-state index contributed by atoms with van der Waals surface area (Å²) in [5, 5.41) is 2.56. The minimum absolute atomic E-state index is 0.244. The van der Waals surface area contributed by atoms with Crippen LogP contribution in [0.15, 0.2) is 30.7 Å². The first-order chi connectivity index (χ1) is 12.6. The normalized spacial score (nSPS) is 12.8. The predicted molar refractivity (Wildman–Crippen MR) is 91.1 cm³/mol. The molecule has 3 heterocycles. The van der Waals surface area contributed by atoms with Gasteiger partial charge in [-0.25, -0.2) is 15.0 Å². The molecule has 1 unspecified atom stereocenters. The van der Waals surface area contributed by atoms with Crippen LogP contribution in [0.1, 0.15) is 13.8 Å². The number of nitrogen functional groups attached to an aromatic ring is 1. The fourth-order valence-electron chi connectivity index (χ4n) is 2.23. The molecule has 3 N–H and O–H groups in total. The fourth-order valence-corrected chi connectivity index (χ4v) is 2.23. The highest BCUT2D eigenvalue weighted by Gasteiger charge is 2.38. The van der Waals surface area contributed by atoms with Gasteiger partial charge < -0.3 is 20.2 Å². The molecule has 11 heteroatoms. The Hall–Kier alpha value is -3.37. The highest BCUT2D eigenvalue weighted by Crippen LogP contribution is 2.28. The number of anilines is 2. The molecule has 27 heavy (non-hydrogen) atoms. The SMILES string of the molecule is CC(=O)Nc1cn2cc(-c3cnc(N)c(OC(C)C(F)(F)F)n3)ccc2n1. The maximum Gasteiger partial charge on any atom is 0.425 e. The summed E-state index contributed by atoms with van der Waals surface area (Å²) < 4.78 is 44.6. The second kappa shape index (κ2) is 6.74. The predicted octanol–water partition coefficient (Wildman–Crippen LogP) is 2.66. The molecular formula is C16H15F3N6O2. The Kier molecular flexibility index (Phi) is 4.60. The summed E-state index contributed by atoms with van der Waals surface area (Å²) in [6, 6.07) is 3.33. The zero-order valence-corrected chi connectivity index (χ0v) is 14.3. The van der Waals surface area contributed by atoms with Gasteiger partial charge >= 0.3 is 6.18 Å². The van der Waals surface area contributed by atoms with E-state index in [1.807, 2.05) is 0 Å². The van der Waals surface area contributed by atoms with E-state index in [9.17, 15) is 18.0 Å². The van der Waals surface area contributed by atoms with Crippen LogP contribution < -0.4 is 15.8 Å². The molecule has 0 radical (unpaired) electrons. The summed E-state index contributed by atoms with van der Waals surface area (Å²) >= 11 is 0. The van der Waals surface area contributed by atoms with Crippen LogP contribution in [0.3, 0.4) is 0 Å². The van der Waals surface area contributed by atoms with Crippen LogP contribution >= 0.6 is 0 Å². The van der Waals surface area contributed by atoms with Crippen molar-refractivity contribution in [3.63, 3.8) is 0 Å². The standard InChI is InChI=1S/C16H15F3N6O2/c1-8(16(17,18)19)27-15-14(20)21-5-11(23-15)10-3-4-13-24-12(22-9(2)26)7-25(13)6-10/h3-8H,1-2H3,(H2,20,21)(H,22,26). The highest BCUT2D eigenvalue weighted by molar-refractivity contribution is 5.87. The number of pyridine rings is 1. The highest BCUT2D eigenvalue weighted by atomic mass is 19.4. The largest absolute Gasteiger partial charge is 0.462 e. The van der Waals surface area contributed by atoms with Crippen molar-refractivity contribution < 1.29 is 22.7 Å². The van der Waals surface area contributed by atoms with Gasteiger partial charge in [-0.1, -0.05) is 0 Å². The van der Waals surface area contributed by atoms with Crippen LogP contribution in [0.25, 0.3) is 16.9 Å². The molecular weight excluding hydrogens is 365 g/mol. The number of carbonyl (C=O) groups excluding carboxylic acids is 1. The third-order valence-electron chi connectivity index (χ3n) is 3.57. The molecule has 3 aromatic heterocycles. The molecule has 0 saturated carbocycles. The number of hydrogen-bond donors (Lipinski definition) is 2. The number of rotatable bonds is 4. The zero-order chi connectivity index (χ0) is 19.8. The molecule has 8 nitrogen and oxygen atoms in total. The van der Waals surface area contributed by atoms with E-state index in [-0.39, 0.29) is 17.4 Å². The van der Waals surface area contributed by atoms with Crippen molar-refractivity contribution in [3.8, 4) is 17.1 Å². The zero-order valence-electron chi connectivity index (χ0n) is 14.3. The van der Waals surface area contributed by atoms with E-state index < -0.39 is 18.2 Å². The number of nitrogens with one attached hydrogen (secondary N) is 1. The minimum atomic E-state index is -4.56. The molecule has 0 spiro atoms. The first kappa shape index (κ1) is 18.4. The first-order valence-corrected chi connectivity index (χ1v) is 7.76. The van der Waals surface area contributed by atoms with Crippen molar-refractivity contribution in [2.24, 2.45) is 0 Å². The summed E-state index contributed by atoms with van der Waals surface area (Å²) in [7, 11) is 0. The van der Waals surface area contributed by atoms with Crippen LogP contribution in [0.2, 0.25) is 0 Å². The fraction of sp³-hybridized carbons (Fsp3) is 0.250. The van der Waals surface area contributed by atoms with E-state index >= 15 is 0 Å². The van der Waals surface area contributed by atoms with Crippen molar-refractivity contribution in [1.29, 1.82) is 0 Å². The van der Waals surface area contributed by atoms with Gasteiger partial charge in [-0.3, -0.25) is 4.79 Å². The molecule has 0 aliphatic heterocycles. The Balaban J connectivity index is 1.93. The summed E-state index contributed by atoms with van der Waals surface area (Å²) in [4.78, 5) is 23.2. The monoisotopic (exact) mass is 380 g/mol. The number of imidazole rings is 1. The Morgan fingerprint density at radius 3 is 2.70 bits per heavy atom. The molecule has 1 atom stereocenters. The second-order valence-electron chi connectivity index (χ2n) is 5.74. The van der Waals surface area contributed by atoms with E-state index in [0.29, 0.717) is 17.0 Å². The number of amides is 1. The molecule has 0 aliphatic rings. The Bertz CT molecular complexity index is 1000. The van der Waals surface area contributed by atoms with Crippen molar-refractivity contribution in [3.05, 3.63) is 30.7 Å². The van der Waals surface area contributed by atoms with Gasteiger partial charge in [0.15, 0.2) is 17.7 Å². The number of carbonyl (C=O) groups is 1. The Morgan fingerprint density at radius 1 is 1.30 bits per heavy atom. The number of alkyl halides is 3. The van der Waals surface area contributed by atoms with E-state index in [1.54, 1.807) is 28.9 Å². The lowest BCUT2D eigenvalue weighted by Crippen LogP contribution is -2.31.